The molecule has 5 heteroatoms. The first-order valence-corrected chi connectivity index (χ1v) is 9.72. The van der Waals surface area contributed by atoms with Crippen LogP contribution in [0, 0.1) is 5.82 Å². The molecule has 4 nitrogen and oxygen atoms in total. The summed E-state index contributed by atoms with van der Waals surface area (Å²) in [5, 5.41) is 3.38. The lowest BCUT2D eigenvalue weighted by atomic mass is 9.88. The van der Waals surface area contributed by atoms with Crippen LogP contribution in [0.25, 0.3) is 0 Å². The van der Waals surface area contributed by atoms with Gasteiger partial charge in [-0.1, -0.05) is 36.4 Å². The summed E-state index contributed by atoms with van der Waals surface area (Å²) in [5.41, 5.74) is 3.35. The Bertz CT molecular complexity index is 801. The first kappa shape index (κ1) is 18.0. The highest BCUT2D eigenvalue weighted by Crippen LogP contribution is 2.36. The molecule has 1 N–H and O–H groups in total. The van der Waals surface area contributed by atoms with Gasteiger partial charge in [0.15, 0.2) is 0 Å². The summed E-state index contributed by atoms with van der Waals surface area (Å²) in [7, 11) is 1.90. The number of carbonyl (C=O) groups is 1. The van der Waals surface area contributed by atoms with Gasteiger partial charge < -0.3 is 15.1 Å². The number of hydrogen-bond donors (Lipinski definition) is 1. The third kappa shape index (κ3) is 3.56. The zero-order chi connectivity index (χ0) is 18.8. The predicted molar refractivity (Wildman–Crippen MR) is 104 cm³/mol. The maximum atomic E-state index is 13.5. The van der Waals surface area contributed by atoms with E-state index in [1.165, 1.54) is 17.7 Å². The SMILES string of the molecule is CN(C(=O)N1CCc2ccccc2[C@@H]1c1ccc(F)cc1)[C@H]1CCCNC1. The summed E-state index contributed by atoms with van der Waals surface area (Å²) in [6, 6.07) is 14.9. The topological polar surface area (TPSA) is 35.6 Å². The van der Waals surface area contributed by atoms with Crippen LogP contribution in [0.1, 0.15) is 35.6 Å². The lowest BCUT2D eigenvalue weighted by Gasteiger charge is -2.42. The van der Waals surface area contributed by atoms with E-state index in [-0.39, 0.29) is 23.9 Å². The Morgan fingerprint density at radius 2 is 1.96 bits per heavy atom. The number of urea groups is 1. The molecule has 0 unspecified atom stereocenters. The standard InChI is InChI=1S/C22H26FN3O/c1-25(19-6-4-13-24-15-19)22(27)26-14-12-16-5-2-3-7-20(16)21(26)17-8-10-18(23)11-9-17/h2-3,5,7-11,19,21,24H,4,6,12-15H2,1H3/t19-,21-/m0/s1. The summed E-state index contributed by atoms with van der Waals surface area (Å²) in [6.45, 7) is 2.53. The number of nitrogens with zero attached hydrogens (tertiary/aromatic N) is 2. The zero-order valence-electron chi connectivity index (χ0n) is 15.7. The quantitative estimate of drug-likeness (QED) is 0.881. The number of carbonyl (C=O) groups excluding carboxylic acids is 1. The average molecular weight is 367 g/mol. The van der Waals surface area contributed by atoms with Crippen molar-refractivity contribution in [2.75, 3.05) is 26.7 Å². The van der Waals surface area contributed by atoms with Gasteiger partial charge >= 0.3 is 6.03 Å². The third-order valence-electron chi connectivity index (χ3n) is 5.84. The van der Waals surface area contributed by atoms with E-state index in [2.05, 4.69) is 17.4 Å². The van der Waals surface area contributed by atoms with Gasteiger partial charge in [-0.25, -0.2) is 9.18 Å². The van der Waals surface area contributed by atoms with Crippen molar-refractivity contribution in [1.82, 2.24) is 15.1 Å². The molecule has 4 rings (SSSR count). The normalized spacial score (nSPS) is 22.2. The minimum absolute atomic E-state index is 0.0486. The third-order valence-corrected chi connectivity index (χ3v) is 5.84. The van der Waals surface area contributed by atoms with Crippen LogP contribution in [0.15, 0.2) is 48.5 Å². The van der Waals surface area contributed by atoms with Crippen molar-refractivity contribution < 1.29 is 9.18 Å². The maximum absolute atomic E-state index is 13.5. The van der Waals surface area contributed by atoms with Crippen molar-refractivity contribution in [3.8, 4) is 0 Å². The lowest BCUT2D eigenvalue weighted by Crippen LogP contribution is -2.53. The Balaban J connectivity index is 1.67. The van der Waals surface area contributed by atoms with E-state index in [0.29, 0.717) is 6.54 Å². The van der Waals surface area contributed by atoms with Crippen LogP contribution in [-0.2, 0) is 6.42 Å². The molecule has 0 aliphatic carbocycles. The largest absolute Gasteiger partial charge is 0.323 e. The van der Waals surface area contributed by atoms with Crippen LogP contribution >= 0.6 is 0 Å². The maximum Gasteiger partial charge on any atom is 0.320 e. The molecule has 142 valence electrons. The van der Waals surface area contributed by atoms with Gasteiger partial charge in [0.05, 0.1) is 6.04 Å². The fraction of sp³-hybridized carbons (Fsp3) is 0.409. The number of hydrogen-bond acceptors (Lipinski definition) is 2. The second-order valence-electron chi connectivity index (χ2n) is 7.49. The summed E-state index contributed by atoms with van der Waals surface area (Å²) in [5.74, 6) is -0.258. The molecule has 2 heterocycles. The van der Waals surface area contributed by atoms with Crippen LogP contribution in [0.5, 0.6) is 0 Å². The molecule has 0 bridgehead atoms. The van der Waals surface area contributed by atoms with Crippen molar-refractivity contribution in [1.29, 1.82) is 0 Å². The molecule has 1 fully saturated rings. The van der Waals surface area contributed by atoms with E-state index in [1.807, 2.05) is 29.0 Å². The molecule has 2 aliphatic heterocycles. The van der Waals surface area contributed by atoms with Crippen molar-refractivity contribution in [3.05, 3.63) is 71.0 Å². The summed E-state index contributed by atoms with van der Waals surface area (Å²) >= 11 is 0. The monoisotopic (exact) mass is 367 g/mol. The fourth-order valence-electron chi connectivity index (χ4n) is 4.30. The van der Waals surface area contributed by atoms with E-state index in [0.717, 1.165) is 43.5 Å². The highest BCUT2D eigenvalue weighted by atomic mass is 19.1. The van der Waals surface area contributed by atoms with Gasteiger partial charge in [-0.2, -0.15) is 0 Å². The number of nitrogens with one attached hydrogen (secondary N) is 1. The molecule has 27 heavy (non-hydrogen) atoms. The van der Waals surface area contributed by atoms with Crippen LogP contribution in [-0.4, -0.2) is 48.6 Å². The summed E-state index contributed by atoms with van der Waals surface area (Å²) in [4.78, 5) is 17.2. The second-order valence-corrected chi connectivity index (χ2v) is 7.49. The predicted octanol–water partition coefficient (Wildman–Crippen LogP) is 3.58. The van der Waals surface area contributed by atoms with Crippen molar-refractivity contribution >= 4 is 6.03 Å². The van der Waals surface area contributed by atoms with Crippen LogP contribution in [0.2, 0.25) is 0 Å². The number of amides is 2. The van der Waals surface area contributed by atoms with Crippen molar-refractivity contribution in [2.24, 2.45) is 0 Å². The Kier molecular flexibility index (Phi) is 5.12. The Hall–Kier alpha value is -2.40. The van der Waals surface area contributed by atoms with Crippen LogP contribution < -0.4 is 5.32 Å². The minimum Gasteiger partial charge on any atom is -0.323 e. The van der Waals surface area contributed by atoms with Gasteiger partial charge in [-0.15, -0.1) is 0 Å². The zero-order valence-corrected chi connectivity index (χ0v) is 15.7. The number of likely N-dealkylation sites (N-methyl/N-ethyl adjacent to an activating group) is 1. The Morgan fingerprint density at radius 1 is 1.19 bits per heavy atom. The molecule has 2 atom stereocenters. The average Bonchev–Trinajstić information content (AvgIpc) is 2.73. The molecule has 0 saturated carbocycles. The molecular weight excluding hydrogens is 341 g/mol. The molecule has 0 aromatic heterocycles. The summed E-state index contributed by atoms with van der Waals surface area (Å²) in [6.07, 6.45) is 2.96. The van der Waals surface area contributed by atoms with E-state index >= 15 is 0 Å². The highest BCUT2D eigenvalue weighted by Gasteiger charge is 2.35. The fourth-order valence-corrected chi connectivity index (χ4v) is 4.30. The number of fused-ring (bicyclic) bond motifs is 1. The van der Waals surface area contributed by atoms with Gasteiger partial charge in [-0.3, -0.25) is 0 Å². The highest BCUT2D eigenvalue weighted by molar-refractivity contribution is 5.76. The molecular formula is C22H26FN3O. The smallest absolute Gasteiger partial charge is 0.320 e. The Morgan fingerprint density at radius 3 is 2.70 bits per heavy atom. The molecule has 1 saturated heterocycles. The van der Waals surface area contributed by atoms with Gasteiger partial charge in [0.2, 0.25) is 0 Å². The minimum atomic E-state index is -0.258. The lowest BCUT2D eigenvalue weighted by molar-refractivity contribution is 0.124. The van der Waals surface area contributed by atoms with Crippen molar-refractivity contribution in [2.45, 2.75) is 31.3 Å². The molecule has 2 aromatic rings. The number of benzene rings is 2. The Labute approximate surface area is 160 Å². The van der Waals surface area contributed by atoms with Gasteiger partial charge in [-0.05, 0) is 54.6 Å². The number of piperidine rings is 1. The number of rotatable bonds is 2. The van der Waals surface area contributed by atoms with Crippen LogP contribution in [0.4, 0.5) is 9.18 Å². The van der Waals surface area contributed by atoms with Crippen LogP contribution in [0.3, 0.4) is 0 Å². The van der Waals surface area contributed by atoms with E-state index in [9.17, 15) is 9.18 Å². The molecule has 0 spiro atoms. The molecule has 2 amide bonds. The van der Waals surface area contributed by atoms with E-state index in [1.54, 1.807) is 12.1 Å². The van der Waals surface area contributed by atoms with Gasteiger partial charge in [0.25, 0.3) is 0 Å². The number of halogens is 1. The van der Waals surface area contributed by atoms with Gasteiger partial charge in [0.1, 0.15) is 5.82 Å². The van der Waals surface area contributed by atoms with E-state index in [4.69, 9.17) is 0 Å². The molecule has 2 aliphatic rings. The first-order chi connectivity index (χ1) is 13.1. The van der Waals surface area contributed by atoms with Gasteiger partial charge in [0, 0.05) is 26.2 Å². The molecule has 0 radical (unpaired) electrons. The van der Waals surface area contributed by atoms with E-state index < -0.39 is 0 Å². The van der Waals surface area contributed by atoms with Crippen molar-refractivity contribution in [3.63, 3.8) is 0 Å². The second kappa shape index (κ2) is 7.69. The first-order valence-electron chi connectivity index (χ1n) is 9.72. The summed E-state index contributed by atoms with van der Waals surface area (Å²) < 4.78 is 13.5. The molecule has 2 aromatic carbocycles.